The lowest BCUT2D eigenvalue weighted by molar-refractivity contribution is -0.131. The lowest BCUT2D eigenvalue weighted by atomic mass is 10.0. The maximum Gasteiger partial charge on any atom is 0.238 e. The fraction of sp³-hybridized carbons (Fsp3) is 0.533. The fourth-order valence-electron chi connectivity index (χ4n) is 2.68. The van der Waals surface area contributed by atoms with Gasteiger partial charge >= 0.3 is 0 Å². The molecule has 0 aliphatic carbocycles. The summed E-state index contributed by atoms with van der Waals surface area (Å²) in [7, 11) is -3.34. The van der Waals surface area contributed by atoms with Crippen LogP contribution in [0.3, 0.4) is 0 Å². The number of halogens is 1. The first-order valence-corrected chi connectivity index (χ1v) is 9.59. The van der Waals surface area contributed by atoms with Crippen molar-refractivity contribution in [2.24, 2.45) is 0 Å². The van der Waals surface area contributed by atoms with Crippen LogP contribution in [0.2, 0.25) is 5.02 Å². The third-order valence-electron chi connectivity index (χ3n) is 3.69. The SMILES string of the molecule is CCCS(=O)(=O)CC(=O)N1CCNCC1c1ccccc1Cl. The average molecular weight is 345 g/mol. The molecule has 0 bridgehead atoms. The molecule has 1 aliphatic rings. The Balaban J connectivity index is 2.20. The van der Waals surface area contributed by atoms with Crippen molar-refractivity contribution in [1.82, 2.24) is 10.2 Å². The van der Waals surface area contributed by atoms with Crippen LogP contribution in [0.25, 0.3) is 0 Å². The molecular weight excluding hydrogens is 324 g/mol. The average Bonchev–Trinajstić information content (AvgIpc) is 2.47. The zero-order valence-electron chi connectivity index (χ0n) is 12.6. The molecule has 2 rings (SSSR count). The molecule has 1 aromatic rings. The number of nitrogens with zero attached hydrogens (tertiary/aromatic N) is 1. The molecule has 122 valence electrons. The summed E-state index contributed by atoms with van der Waals surface area (Å²) < 4.78 is 23.8. The Kier molecular flexibility index (Phi) is 5.83. The first kappa shape index (κ1) is 17.2. The fourth-order valence-corrected chi connectivity index (χ4v) is 4.25. The van der Waals surface area contributed by atoms with Gasteiger partial charge in [-0.25, -0.2) is 8.42 Å². The van der Waals surface area contributed by atoms with E-state index in [-0.39, 0.29) is 17.7 Å². The van der Waals surface area contributed by atoms with Crippen molar-refractivity contribution in [1.29, 1.82) is 0 Å². The number of hydrogen-bond acceptors (Lipinski definition) is 4. The number of nitrogens with one attached hydrogen (secondary N) is 1. The van der Waals surface area contributed by atoms with Gasteiger partial charge in [-0.2, -0.15) is 0 Å². The van der Waals surface area contributed by atoms with Gasteiger partial charge in [0, 0.05) is 24.7 Å². The van der Waals surface area contributed by atoms with Crippen LogP contribution in [-0.2, 0) is 14.6 Å². The van der Waals surface area contributed by atoms with Crippen molar-refractivity contribution in [2.75, 3.05) is 31.1 Å². The summed E-state index contributed by atoms with van der Waals surface area (Å²) in [5.74, 6) is -0.733. The molecule has 1 unspecified atom stereocenters. The predicted octanol–water partition coefficient (Wildman–Crippen LogP) is 1.64. The minimum absolute atomic E-state index is 0.0432. The molecule has 0 spiro atoms. The molecule has 1 fully saturated rings. The zero-order chi connectivity index (χ0) is 16.2. The standard InChI is InChI=1S/C15H21ClN2O3S/c1-2-9-22(20,21)11-15(19)18-8-7-17-10-14(18)12-5-3-4-6-13(12)16/h3-6,14,17H,2,7-11H2,1H3. The third-order valence-corrected chi connectivity index (χ3v) is 5.75. The number of carbonyl (C=O) groups excluding carboxylic acids is 1. The van der Waals surface area contributed by atoms with E-state index in [2.05, 4.69) is 5.32 Å². The number of hydrogen-bond donors (Lipinski definition) is 1. The van der Waals surface area contributed by atoms with Gasteiger partial charge in [-0.3, -0.25) is 4.79 Å². The third kappa shape index (κ3) is 4.21. The lowest BCUT2D eigenvalue weighted by Gasteiger charge is -2.37. The Morgan fingerprint density at radius 3 is 2.82 bits per heavy atom. The van der Waals surface area contributed by atoms with Gasteiger partial charge in [-0.05, 0) is 18.1 Å². The van der Waals surface area contributed by atoms with Gasteiger partial charge < -0.3 is 10.2 Å². The van der Waals surface area contributed by atoms with Crippen LogP contribution in [0.5, 0.6) is 0 Å². The molecule has 1 aliphatic heterocycles. The van der Waals surface area contributed by atoms with E-state index in [0.717, 1.165) is 5.56 Å². The number of benzene rings is 1. The van der Waals surface area contributed by atoms with Gasteiger partial charge in [0.25, 0.3) is 0 Å². The van der Waals surface area contributed by atoms with Gasteiger partial charge in [-0.1, -0.05) is 36.7 Å². The van der Waals surface area contributed by atoms with Crippen LogP contribution in [0.15, 0.2) is 24.3 Å². The molecule has 0 radical (unpaired) electrons. The topological polar surface area (TPSA) is 66.5 Å². The lowest BCUT2D eigenvalue weighted by Crippen LogP contribution is -2.50. The highest BCUT2D eigenvalue weighted by atomic mass is 35.5. The highest BCUT2D eigenvalue weighted by Gasteiger charge is 2.31. The van der Waals surface area contributed by atoms with Crippen LogP contribution >= 0.6 is 11.6 Å². The molecule has 1 amide bonds. The summed E-state index contributed by atoms with van der Waals surface area (Å²) in [6, 6.07) is 7.13. The molecule has 0 saturated carbocycles. The van der Waals surface area contributed by atoms with Crippen LogP contribution in [0.4, 0.5) is 0 Å². The maximum absolute atomic E-state index is 12.5. The second kappa shape index (κ2) is 7.44. The van der Waals surface area contributed by atoms with Crippen molar-refractivity contribution in [3.8, 4) is 0 Å². The number of rotatable bonds is 5. The van der Waals surface area contributed by atoms with Crippen molar-refractivity contribution in [3.05, 3.63) is 34.9 Å². The second-order valence-corrected chi connectivity index (χ2v) is 8.01. The molecule has 5 nitrogen and oxygen atoms in total. The summed E-state index contributed by atoms with van der Waals surface area (Å²) in [6.07, 6.45) is 0.519. The van der Waals surface area contributed by atoms with Crippen molar-refractivity contribution >= 4 is 27.3 Å². The van der Waals surface area contributed by atoms with E-state index >= 15 is 0 Å². The highest BCUT2D eigenvalue weighted by molar-refractivity contribution is 7.92. The van der Waals surface area contributed by atoms with Gasteiger partial charge in [0.1, 0.15) is 5.75 Å². The normalized spacial score (nSPS) is 19.2. The van der Waals surface area contributed by atoms with E-state index in [1.165, 1.54) is 0 Å². The second-order valence-electron chi connectivity index (χ2n) is 5.42. The molecule has 1 aromatic carbocycles. The minimum Gasteiger partial charge on any atom is -0.332 e. The van der Waals surface area contributed by atoms with E-state index in [0.29, 0.717) is 31.1 Å². The Morgan fingerprint density at radius 2 is 2.14 bits per heavy atom. The van der Waals surface area contributed by atoms with E-state index in [1.54, 1.807) is 17.9 Å². The van der Waals surface area contributed by atoms with E-state index in [9.17, 15) is 13.2 Å². The Hall–Kier alpha value is -1.11. The summed E-state index contributed by atoms with van der Waals surface area (Å²) in [5.41, 5.74) is 0.845. The first-order valence-electron chi connectivity index (χ1n) is 7.39. The summed E-state index contributed by atoms with van der Waals surface area (Å²) in [5, 5.41) is 3.82. The Labute approximate surface area is 136 Å². The highest BCUT2D eigenvalue weighted by Crippen LogP contribution is 2.28. The molecule has 1 saturated heterocycles. The van der Waals surface area contributed by atoms with Gasteiger partial charge in [-0.15, -0.1) is 0 Å². The monoisotopic (exact) mass is 344 g/mol. The van der Waals surface area contributed by atoms with Gasteiger partial charge in [0.15, 0.2) is 9.84 Å². The predicted molar refractivity (Wildman–Crippen MR) is 87.7 cm³/mol. The zero-order valence-corrected chi connectivity index (χ0v) is 14.2. The van der Waals surface area contributed by atoms with Crippen molar-refractivity contribution in [3.63, 3.8) is 0 Å². The molecule has 1 heterocycles. The first-order chi connectivity index (χ1) is 10.4. The summed E-state index contributed by atoms with van der Waals surface area (Å²) >= 11 is 6.23. The van der Waals surface area contributed by atoms with E-state index < -0.39 is 15.6 Å². The largest absolute Gasteiger partial charge is 0.332 e. The number of amides is 1. The quantitative estimate of drug-likeness (QED) is 0.881. The summed E-state index contributed by atoms with van der Waals surface area (Å²) in [6.45, 7) is 3.50. The van der Waals surface area contributed by atoms with Crippen LogP contribution in [-0.4, -0.2) is 50.4 Å². The van der Waals surface area contributed by atoms with Crippen molar-refractivity contribution < 1.29 is 13.2 Å². The van der Waals surface area contributed by atoms with Crippen LogP contribution in [0, 0.1) is 0 Å². The van der Waals surface area contributed by atoms with Gasteiger partial charge in [0.2, 0.25) is 5.91 Å². The molecule has 1 atom stereocenters. The number of carbonyl (C=O) groups is 1. The van der Waals surface area contributed by atoms with Gasteiger partial charge in [0.05, 0.1) is 11.8 Å². The van der Waals surface area contributed by atoms with E-state index in [1.807, 2.05) is 18.2 Å². The number of sulfone groups is 1. The molecule has 7 heteroatoms. The number of piperazine rings is 1. The molecule has 22 heavy (non-hydrogen) atoms. The smallest absolute Gasteiger partial charge is 0.238 e. The molecule has 0 aromatic heterocycles. The van der Waals surface area contributed by atoms with E-state index in [4.69, 9.17) is 11.6 Å². The van der Waals surface area contributed by atoms with Crippen molar-refractivity contribution in [2.45, 2.75) is 19.4 Å². The Morgan fingerprint density at radius 1 is 1.41 bits per heavy atom. The van der Waals surface area contributed by atoms with Crippen LogP contribution in [0.1, 0.15) is 24.9 Å². The van der Waals surface area contributed by atoms with Crippen LogP contribution < -0.4 is 5.32 Å². The summed E-state index contributed by atoms with van der Waals surface area (Å²) in [4.78, 5) is 14.1. The molecule has 1 N–H and O–H groups in total. The maximum atomic E-state index is 12.5. The Bertz CT molecular complexity index is 633. The molecular formula is C15H21ClN2O3S. The minimum atomic E-state index is -3.34.